The van der Waals surface area contributed by atoms with Gasteiger partial charge in [0.25, 0.3) is 0 Å². The third-order valence-electron chi connectivity index (χ3n) is 2.90. The topological polar surface area (TPSA) is 49.4 Å². The van der Waals surface area contributed by atoms with Crippen LogP contribution in [0.4, 0.5) is 0 Å². The van der Waals surface area contributed by atoms with E-state index in [-0.39, 0.29) is 5.75 Å². The highest BCUT2D eigenvalue weighted by atomic mass is 32.2. The normalized spacial score (nSPS) is 23.5. The summed E-state index contributed by atoms with van der Waals surface area (Å²) in [6.07, 6.45) is 2.52. The van der Waals surface area contributed by atoms with Crippen LogP contribution < -0.4 is 5.32 Å². The van der Waals surface area contributed by atoms with Gasteiger partial charge in [0.05, 0.1) is 5.75 Å². The molecule has 0 aliphatic carbocycles. The molecule has 0 spiro atoms. The lowest BCUT2D eigenvalue weighted by Crippen LogP contribution is -2.29. The van der Waals surface area contributed by atoms with Crippen LogP contribution in [0.1, 0.15) is 13.3 Å². The molecule has 1 rings (SSSR count). The summed E-state index contributed by atoms with van der Waals surface area (Å²) < 4.78 is 21.8. The van der Waals surface area contributed by atoms with E-state index in [4.69, 9.17) is 0 Å². The van der Waals surface area contributed by atoms with Gasteiger partial charge in [-0.1, -0.05) is 6.92 Å². The number of likely N-dealkylation sites (tertiary alicyclic amines) is 1. The molecule has 1 saturated heterocycles. The highest BCUT2D eigenvalue weighted by Crippen LogP contribution is 2.14. The predicted molar refractivity (Wildman–Crippen MR) is 62.8 cm³/mol. The molecule has 1 atom stereocenters. The Morgan fingerprint density at radius 2 is 2.20 bits per heavy atom. The summed E-state index contributed by atoms with van der Waals surface area (Å²) >= 11 is 0. The Bertz CT molecular complexity index is 277. The molecule has 0 bridgehead atoms. The van der Waals surface area contributed by atoms with Crippen LogP contribution in [0.25, 0.3) is 0 Å². The molecule has 1 N–H and O–H groups in total. The summed E-state index contributed by atoms with van der Waals surface area (Å²) in [5.74, 6) is 0.946. The Morgan fingerprint density at radius 1 is 1.47 bits per heavy atom. The van der Waals surface area contributed by atoms with E-state index in [1.165, 1.54) is 19.2 Å². The highest BCUT2D eigenvalue weighted by Gasteiger charge is 2.20. The van der Waals surface area contributed by atoms with Gasteiger partial charge in [0.1, 0.15) is 9.84 Å². The molecular weight excluding hydrogens is 212 g/mol. The van der Waals surface area contributed by atoms with E-state index in [0.29, 0.717) is 12.5 Å². The number of hydrogen-bond acceptors (Lipinski definition) is 4. The summed E-state index contributed by atoms with van der Waals surface area (Å²) in [4.78, 5) is 2.43. The van der Waals surface area contributed by atoms with E-state index in [9.17, 15) is 8.42 Å². The number of nitrogens with one attached hydrogen (secondary N) is 1. The van der Waals surface area contributed by atoms with Gasteiger partial charge in [-0.2, -0.15) is 0 Å². The predicted octanol–water partition coefficient (Wildman–Crippen LogP) is -0.0376. The van der Waals surface area contributed by atoms with Gasteiger partial charge < -0.3 is 10.2 Å². The standard InChI is InChI=1S/C10H22N2O2S/c1-3-12-6-4-10(9-12)8-11-5-7-15(2,13)14/h10-11H,3-9H2,1-2H3. The molecule has 90 valence electrons. The van der Waals surface area contributed by atoms with Crippen molar-refractivity contribution >= 4 is 9.84 Å². The summed E-state index contributed by atoms with van der Waals surface area (Å²) in [6, 6.07) is 0. The first kappa shape index (κ1) is 12.9. The molecule has 5 heteroatoms. The molecule has 1 aliphatic rings. The highest BCUT2D eigenvalue weighted by molar-refractivity contribution is 7.90. The van der Waals surface area contributed by atoms with Gasteiger partial charge in [-0.25, -0.2) is 8.42 Å². The van der Waals surface area contributed by atoms with Crippen LogP contribution >= 0.6 is 0 Å². The van der Waals surface area contributed by atoms with Crippen LogP contribution in [0.2, 0.25) is 0 Å². The van der Waals surface area contributed by atoms with Crippen molar-refractivity contribution in [2.24, 2.45) is 5.92 Å². The van der Waals surface area contributed by atoms with Gasteiger partial charge in [0, 0.05) is 19.3 Å². The zero-order valence-electron chi connectivity index (χ0n) is 9.70. The van der Waals surface area contributed by atoms with Crippen LogP contribution in [0.5, 0.6) is 0 Å². The average Bonchev–Trinajstić information content (AvgIpc) is 2.59. The third-order valence-corrected chi connectivity index (χ3v) is 3.85. The van der Waals surface area contributed by atoms with Gasteiger partial charge >= 0.3 is 0 Å². The first-order chi connectivity index (χ1) is 7.01. The molecular formula is C10H22N2O2S. The molecule has 1 unspecified atom stereocenters. The first-order valence-electron chi connectivity index (χ1n) is 5.62. The van der Waals surface area contributed by atoms with E-state index in [0.717, 1.165) is 19.6 Å². The van der Waals surface area contributed by atoms with Crippen molar-refractivity contribution < 1.29 is 8.42 Å². The molecule has 15 heavy (non-hydrogen) atoms. The SMILES string of the molecule is CCN1CCC(CNCCS(C)(=O)=O)C1. The van der Waals surface area contributed by atoms with Crippen LogP contribution in [0.15, 0.2) is 0 Å². The van der Waals surface area contributed by atoms with Gasteiger partial charge in [-0.3, -0.25) is 0 Å². The zero-order chi connectivity index (χ0) is 11.3. The van der Waals surface area contributed by atoms with Crippen molar-refractivity contribution in [1.82, 2.24) is 10.2 Å². The summed E-state index contributed by atoms with van der Waals surface area (Å²) in [5, 5.41) is 3.22. The number of hydrogen-bond donors (Lipinski definition) is 1. The Kier molecular flexibility index (Phi) is 5.02. The largest absolute Gasteiger partial charge is 0.315 e. The number of rotatable bonds is 6. The lowest BCUT2D eigenvalue weighted by Gasteiger charge is -2.13. The molecule has 1 heterocycles. The molecule has 1 aliphatic heterocycles. The Hall–Kier alpha value is -0.130. The summed E-state index contributed by atoms with van der Waals surface area (Å²) in [6.45, 7) is 7.18. The molecule has 0 amide bonds. The Balaban J connectivity index is 2.07. The quantitative estimate of drug-likeness (QED) is 0.655. The maximum absolute atomic E-state index is 10.9. The van der Waals surface area contributed by atoms with Gasteiger partial charge in [0.2, 0.25) is 0 Å². The fourth-order valence-corrected chi connectivity index (χ4v) is 2.45. The monoisotopic (exact) mass is 234 g/mol. The Labute approximate surface area is 93.0 Å². The molecule has 0 saturated carbocycles. The second-order valence-corrected chi connectivity index (χ2v) is 6.64. The van der Waals surface area contributed by atoms with Crippen molar-refractivity contribution in [1.29, 1.82) is 0 Å². The van der Waals surface area contributed by atoms with E-state index in [1.54, 1.807) is 0 Å². The smallest absolute Gasteiger partial charge is 0.148 e. The maximum Gasteiger partial charge on any atom is 0.148 e. The second-order valence-electron chi connectivity index (χ2n) is 4.38. The van der Waals surface area contributed by atoms with E-state index in [1.807, 2.05) is 0 Å². The number of sulfone groups is 1. The van der Waals surface area contributed by atoms with Gasteiger partial charge in [0.15, 0.2) is 0 Å². The Morgan fingerprint density at radius 3 is 2.73 bits per heavy atom. The molecule has 4 nitrogen and oxygen atoms in total. The van der Waals surface area contributed by atoms with Crippen LogP contribution in [-0.4, -0.2) is 58.1 Å². The van der Waals surface area contributed by atoms with Gasteiger partial charge in [-0.05, 0) is 32.0 Å². The fourth-order valence-electron chi connectivity index (χ4n) is 1.93. The van der Waals surface area contributed by atoms with Crippen molar-refractivity contribution in [3.63, 3.8) is 0 Å². The van der Waals surface area contributed by atoms with Gasteiger partial charge in [-0.15, -0.1) is 0 Å². The maximum atomic E-state index is 10.9. The van der Waals surface area contributed by atoms with Crippen LogP contribution in [0, 0.1) is 5.92 Å². The van der Waals surface area contributed by atoms with E-state index in [2.05, 4.69) is 17.1 Å². The minimum Gasteiger partial charge on any atom is -0.315 e. The molecule has 0 aromatic heterocycles. The minimum absolute atomic E-state index is 0.247. The van der Waals surface area contributed by atoms with Crippen LogP contribution in [-0.2, 0) is 9.84 Å². The molecule has 0 aromatic rings. The van der Waals surface area contributed by atoms with E-state index < -0.39 is 9.84 Å². The lowest BCUT2D eigenvalue weighted by atomic mass is 10.1. The minimum atomic E-state index is -2.81. The summed E-state index contributed by atoms with van der Waals surface area (Å²) in [5.41, 5.74) is 0. The van der Waals surface area contributed by atoms with Crippen molar-refractivity contribution in [2.45, 2.75) is 13.3 Å². The molecule has 1 fully saturated rings. The lowest BCUT2D eigenvalue weighted by molar-refractivity contribution is 0.339. The van der Waals surface area contributed by atoms with Crippen molar-refractivity contribution in [2.75, 3.05) is 44.7 Å². The number of nitrogens with zero attached hydrogens (tertiary/aromatic N) is 1. The third kappa shape index (κ3) is 5.49. The van der Waals surface area contributed by atoms with Crippen molar-refractivity contribution in [3.05, 3.63) is 0 Å². The second kappa shape index (κ2) is 5.82. The fraction of sp³-hybridized carbons (Fsp3) is 1.00. The molecule has 0 radical (unpaired) electrons. The van der Waals surface area contributed by atoms with E-state index >= 15 is 0 Å². The van der Waals surface area contributed by atoms with Crippen molar-refractivity contribution in [3.8, 4) is 0 Å². The summed E-state index contributed by atoms with van der Waals surface area (Å²) in [7, 11) is -2.81. The van der Waals surface area contributed by atoms with Crippen LogP contribution in [0.3, 0.4) is 0 Å². The zero-order valence-corrected chi connectivity index (χ0v) is 10.5. The first-order valence-corrected chi connectivity index (χ1v) is 7.68. The molecule has 0 aromatic carbocycles. The average molecular weight is 234 g/mol.